The second kappa shape index (κ2) is 5.83. The number of nitrogens with zero attached hydrogens (tertiary/aromatic N) is 1. The fourth-order valence-electron chi connectivity index (χ4n) is 1.57. The molecule has 0 aliphatic heterocycles. The van der Waals surface area contributed by atoms with Gasteiger partial charge in [-0.15, -0.1) is 0 Å². The lowest BCUT2D eigenvalue weighted by Crippen LogP contribution is -1.98. The Hall–Kier alpha value is -2.21. The Kier molecular flexibility index (Phi) is 4.14. The van der Waals surface area contributed by atoms with E-state index < -0.39 is 16.6 Å². The summed E-state index contributed by atoms with van der Waals surface area (Å²) < 4.78 is 31.2. The zero-order valence-electron chi connectivity index (χ0n) is 9.98. The van der Waals surface area contributed by atoms with Crippen LogP contribution in [0.5, 0.6) is 5.75 Å². The number of nitro benzene ring substituents is 1. The first-order valence-corrected chi connectivity index (χ1v) is 5.85. The van der Waals surface area contributed by atoms with E-state index >= 15 is 0 Å². The maximum absolute atomic E-state index is 13.0. The van der Waals surface area contributed by atoms with Crippen molar-refractivity contribution in [2.24, 2.45) is 0 Å². The van der Waals surface area contributed by atoms with Crippen LogP contribution in [0.2, 0.25) is 5.02 Å². The minimum absolute atomic E-state index is 0.0746. The van der Waals surface area contributed by atoms with Gasteiger partial charge in [-0.25, -0.2) is 8.78 Å². The number of hydrogen-bond donors (Lipinski definition) is 0. The Labute approximate surface area is 117 Å². The van der Waals surface area contributed by atoms with Crippen LogP contribution in [-0.4, -0.2) is 4.92 Å². The third-order valence-corrected chi connectivity index (χ3v) is 2.75. The van der Waals surface area contributed by atoms with Gasteiger partial charge in [-0.05, 0) is 23.8 Å². The van der Waals surface area contributed by atoms with Crippen molar-refractivity contribution >= 4 is 17.3 Å². The lowest BCUT2D eigenvalue weighted by atomic mass is 10.2. The largest absolute Gasteiger partial charge is 0.487 e. The quantitative estimate of drug-likeness (QED) is 0.630. The van der Waals surface area contributed by atoms with Crippen molar-refractivity contribution < 1.29 is 18.4 Å². The van der Waals surface area contributed by atoms with E-state index in [2.05, 4.69) is 0 Å². The maximum Gasteiger partial charge on any atom is 0.273 e. The van der Waals surface area contributed by atoms with Crippen molar-refractivity contribution in [2.45, 2.75) is 6.61 Å². The fourth-order valence-corrected chi connectivity index (χ4v) is 1.74. The second-order valence-electron chi connectivity index (χ2n) is 3.94. The molecule has 0 aromatic heterocycles. The molecule has 2 aromatic carbocycles. The van der Waals surface area contributed by atoms with Gasteiger partial charge >= 0.3 is 0 Å². The van der Waals surface area contributed by atoms with Gasteiger partial charge in [0.05, 0.1) is 16.0 Å². The summed E-state index contributed by atoms with van der Waals surface area (Å²) in [7, 11) is 0. The molecular formula is C13H8ClF2NO3. The molecule has 0 aliphatic carbocycles. The Bertz CT molecular complexity index is 644. The molecule has 0 spiro atoms. The van der Waals surface area contributed by atoms with Gasteiger partial charge in [-0.2, -0.15) is 0 Å². The van der Waals surface area contributed by atoms with Gasteiger partial charge in [-0.1, -0.05) is 11.6 Å². The summed E-state index contributed by atoms with van der Waals surface area (Å²) in [5, 5.41) is 10.8. The third kappa shape index (κ3) is 3.42. The minimum Gasteiger partial charge on any atom is -0.487 e. The monoisotopic (exact) mass is 299 g/mol. The van der Waals surface area contributed by atoms with Crippen LogP contribution < -0.4 is 4.74 Å². The van der Waals surface area contributed by atoms with Crippen LogP contribution in [0.4, 0.5) is 14.5 Å². The number of nitro groups is 1. The predicted octanol–water partition coefficient (Wildman–Crippen LogP) is 4.11. The summed E-state index contributed by atoms with van der Waals surface area (Å²) in [5.74, 6) is -1.38. The highest BCUT2D eigenvalue weighted by Crippen LogP contribution is 2.29. The minimum atomic E-state index is -0.728. The SMILES string of the molecule is O=[N+]([O-])c1ccc(Cl)c(OCc2cc(F)cc(F)c2)c1. The molecule has 0 radical (unpaired) electrons. The molecule has 0 bridgehead atoms. The summed E-state index contributed by atoms with van der Waals surface area (Å²) in [4.78, 5) is 10.0. The molecule has 20 heavy (non-hydrogen) atoms. The Morgan fingerprint density at radius 2 is 1.80 bits per heavy atom. The zero-order valence-corrected chi connectivity index (χ0v) is 10.7. The summed E-state index contributed by atoms with van der Waals surface area (Å²) in [6, 6.07) is 6.66. The first-order valence-electron chi connectivity index (χ1n) is 5.47. The molecule has 104 valence electrons. The predicted molar refractivity (Wildman–Crippen MR) is 68.8 cm³/mol. The topological polar surface area (TPSA) is 52.4 Å². The van der Waals surface area contributed by atoms with E-state index in [9.17, 15) is 18.9 Å². The highest BCUT2D eigenvalue weighted by molar-refractivity contribution is 6.32. The number of halogens is 3. The number of non-ortho nitro benzene ring substituents is 1. The van der Waals surface area contributed by atoms with Gasteiger partial charge in [0.2, 0.25) is 0 Å². The Morgan fingerprint density at radius 3 is 2.40 bits per heavy atom. The van der Waals surface area contributed by atoms with Gasteiger partial charge in [0.15, 0.2) is 0 Å². The molecule has 2 rings (SSSR count). The molecule has 0 fully saturated rings. The summed E-state index contributed by atoms with van der Waals surface area (Å²) >= 11 is 5.83. The average molecular weight is 300 g/mol. The number of hydrogen-bond acceptors (Lipinski definition) is 3. The van der Waals surface area contributed by atoms with Gasteiger partial charge < -0.3 is 4.74 Å². The number of benzene rings is 2. The lowest BCUT2D eigenvalue weighted by Gasteiger charge is -2.08. The third-order valence-electron chi connectivity index (χ3n) is 2.44. The molecule has 0 unspecified atom stereocenters. The fraction of sp³-hybridized carbons (Fsp3) is 0.0769. The van der Waals surface area contributed by atoms with Crippen molar-refractivity contribution in [1.29, 1.82) is 0 Å². The molecule has 4 nitrogen and oxygen atoms in total. The molecule has 0 heterocycles. The van der Waals surface area contributed by atoms with E-state index in [1.165, 1.54) is 12.1 Å². The zero-order chi connectivity index (χ0) is 14.7. The molecule has 0 saturated carbocycles. The van der Waals surface area contributed by atoms with Crippen LogP contribution in [-0.2, 0) is 6.61 Å². The molecule has 0 amide bonds. The lowest BCUT2D eigenvalue weighted by molar-refractivity contribution is -0.384. The van der Waals surface area contributed by atoms with Crippen molar-refractivity contribution in [3.05, 3.63) is 68.7 Å². The number of ether oxygens (including phenoxy) is 1. The molecule has 0 saturated heterocycles. The van der Waals surface area contributed by atoms with Crippen molar-refractivity contribution in [2.75, 3.05) is 0 Å². The maximum atomic E-state index is 13.0. The first kappa shape index (κ1) is 14.2. The van der Waals surface area contributed by atoms with Gasteiger partial charge in [0.25, 0.3) is 5.69 Å². The summed E-state index contributed by atoms with van der Waals surface area (Å²) in [5.41, 5.74) is 0.0693. The van der Waals surface area contributed by atoms with E-state index in [-0.39, 0.29) is 28.6 Å². The highest BCUT2D eigenvalue weighted by atomic mass is 35.5. The summed E-state index contributed by atoms with van der Waals surface area (Å²) in [6.07, 6.45) is 0. The Morgan fingerprint density at radius 1 is 1.15 bits per heavy atom. The average Bonchev–Trinajstić information content (AvgIpc) is 2.36. The molecule has 0 atom stereocenters. The van der Waals surface area contributed by atoms with Crippen LogP contribution >= 0.6 is 11.6 Å². The molecule has 7 heteroatoms. The van der Waals surface area contributed by atoms with E-state index in [0.29, 0.717) is 0 Å². The van der Waals surface area contributed by atoms with Crippen molar-refractivity contribution in [3.8, 4) is 5.75 Å². The van der Waals surface area contributed by atoms with Crippen LogP contribution in [0.1, 0.15) is 5.56 Å². The molecule has 2 aromatic rings. The van der Waals surface area contributed by atoms with E-state index in [1.54, 1.807) is 0 Å². The van der Waals surface area contributed by atoms with Crippen molar-refractivity contribution in [1.82, 2.24) is 0 Å². The molecule has 0 aliphatic rings. The van der Waals surface area contributed by atoms with Crippen LogP contribution in [0, 0.1) is 21.7 Å². The second-order valence-corrected chi connectivity index (χ2v) is 4.35. The number of rotatable bonds is 4. The Balaban J connectivity index is 2.18. The van der Waals surface area contributed by atoms with E-state index in [0.717, 1.165) is 24.3 Å². The highest BCUT2D eigenvalue weighted by Gasteiger charge is 2.11. The van der Waals surface area contributed by atoms with E-state index in [4.69, 9.17) is 16.3 Å². The first-order chi connectivity index (χ1) is 9.45. The summed E-state index contributed by atoms with van der Waals surface area (Å²) in [6.45, 7) is -0.157. The molecular weight excluding hydrogens is 292 g/mol. The smallest absolute Gasteiger partial charge is 0.273 e. The van der Waals surface area contributed by atoms with Crippen LogP contribution in [0.25, 0.3) is 0 Å². The van der Waals surface area contributed by atoms with Gasteiger partial charge in [-0.3, -0.25) is 10.1 Å². The van der Waals surface area contributed by atoms with Gasteiger partial charge in [0, 0.05) is 12.1 Å². The van der Waals surface area contributed by atoms with Crippen LogP contribution in [0.3, 0.4) is 0 Å². The van der Waals surface area contributed by atoms with Crippen molar-refractivity contribution in [3.63, 3.8) is 0 Å². The molecule has 0 N–H and O–H groups in total. The standard InChI is InChI=1S/C13H8ClF2NO3/c14-12-2-1-11(17(18)19)6-13(12)20-7-8-3-9(15)5-10(16)4-8/h1-6H,7H2. The van der Waals surface area contributed by atoms with Crippen LogP contribution in [0.15, 0.2) is 36.4 Å². The normalized spacial score (nSPS) is 10.3. The van der Waals surface area contributed by atoms with Gasteiger partial charge in [0.1, 0.15) is 24.0 Å². The van der Waals surface area contributed by atoms with E-state index in [1.807, 2.05) is 0 Å².